The molecule has 0 saturated heterocycles. The number of nitrogens with one attached hydrogen (secondary N) is 1. The van der Waals surface area contributed by atoms with Crippen LogP contribution >= 0.6 is 11.6 Å². The standard InChI is InChI=1S/C12H14ClNO3/c1-12(2,11(17)14-7-10(15)16)8-3-5-9(13)6-4-8/h3-6H,7H2,1-2H3,(H,14,17)(H,15,16). The zero-order chi connectivity index (χ0) is 13.1. The zero-order valence-corrected chi connectivity index (χ0v) is 10.4. The summed E-state index contributed by atoms with van der Waals surface area (Å²) in [5.74, 6) is -1.40. The van der Waals surface area contributed by atoms with E-state index < -0.39 is 11.4 Å². The maximum absolute atomic E-state index is 11.8. The van der Waals surface area contributed by atoms with Crippen LogP contribution in [0.25, 0.3) is 0 Å². The maximum Gasteiger partial charge on any atom is 0.322 e. The molecule has 0 atom stereocenters. The lowest BCUT2D eigenvalue weighted by Crippen LogP contribution is -2.42. The Morgan fingerprint density at radius 1 is 1.29 bits per heavy atom. The van der Waals surface area contributed by atoms with Gasteiger partial charge in [-0.1, -0.05) is 23.7 Å². The normalized spacial score (nSPS) is 11.0. The van der Waals surface area contributed by atoms with Crippen LogP contribution in [0.4, 0.5) is 0 Å². The summed E-state index contributed by atoms with van der Waals surface area (Å²) in [6.07, 6.45) is 0. The Balaban J connectivity index is 2.82. The summed E-state index contributed by atoms with van der Waals surface area (Å²) in [4.78, 5) is 22.2. The van der Waals surface area contributed by atoms with Crippen molar-refractivity contribution in [2.24, 2.45) is 0 Å². The lowest BCUT2D eigenvalue weighted by Gasteiger charge is -2.23. The summed E-state index contributed by atoms with van der Waals surface area (Å²) in [6.45, 7) is 3.08. The van der Waals surface area contributed by atoms with Gasteiger partial charge in [0, 0.05) is 5.02 Å². The summed E-state index contributed by atoms with van der Waals surface area (Å²) in [5.41, 5.74) is -0.00942. The highest BCUT2D eigenvalue weighted by atomic mass is 35.5. The van der Waals surface area contributed by atoms with E-state index in [-0.39, 0.29) is 12.5 Å². The van der Waals surface area contributed by atoms with Crippen LogP contribution < -0.4 is 5.32 Å². The minimum absolute atomic E-state index is 0.331. The largest absolute Gasteiger partial charge is 0.480 e. The second-order valence-electron chi connectivity index (χ2n) is 4.21. The molecule has 0 spiro atoms. The Morgan fingerprint density at radius 3 is 2.29 bits per heavy atom. The molecular weight excluding hydrogens is 242 g/mol. The molecule has 0 fully saturated rings. The molecule has 17 heavy (non-hydrogen) atoms. The molecule has 0 aliphatic carbocycles. The molecule has 1 aromatic rings. The van der Waals surface area contributed by atoms with E-state index in [1.165, 1.54) is 0 Å². The van der Waals surface area contributed by atoms with Crippen molar-refractivity contribution < 1.29 is 14.7 Å². The number of carboxylic acids is 1. The number of carbonyl (C=O) groups is 2. The lowest BCUT2D eigenvalue weighted by molar-refractivity contribution is -0.138. The number of carbonyl (C=O) groups excluding carboxylic acids is 1. The van der Waals surface area contributed by atoms with Crippen molar-refractivity contribution in [1.82, 2.24) is 5.32 Å². The molecule has 0 bridgehead atoms. The van der Waals surface area contributed by atoms with Crippen LogP contribution in [0.1, 0.15) is 19.4 Å². The van der Waals surface area contributed by atoms with E-state index >= 15 is 0 Å². The van der Waals surface area contributed by atoms with Gasteiger partial charge < -0.3 is 10.4 Å². The number of amides is 1. The second-order valence-corrected chi connectivity index (χ2v) is 4.64. The van der Waals surface area contributed by atoms with E-state index in [1.54, 1.807) is 38.1 Å². The summed E-state index contributed by atoms with van der Waals surface area (Å²) < 4.78 is 0. The van der Waals surface area contributed by atoms with E-state index in [2.05, 4.69) is 5.32 Å². The van der Waals surface area contributed by atoms with Gasteiger partial charge in [0.05, 0.1) is 5.41 Å². The van der Waals surface area contributed by atoms with Crippen LogP contribution in [0.2, 0.25) is 5.02 Å². The number of aliphatic carboxylic acids is 1. The SMILES string of the molecule is CC(C)(C(=O)NCC(=O)O)c1ccc(Cl)cc1. The molecule has 92 valence electrons. The molecule has 1 aromatic carbocycles. The number of carboxylic acid groups (broad SMARTS) is 1. The van der Waals surface area contributed by atoms with Crippen molar-refractivity contribution in [3.05, 3.63) is 34.9 Å². The smallest absolute Gasteiger partial charge is 0.322 e. The second kappa shape index (κ2) is 5.19. The molecule has 1 amide bonds. The third kappa shape index (κ3) is 3.46. The molecule has 0 heterocycles. The molecule has 0 aliphatic rings. The minimum atomic E-state index is -1.06. The Bertz CT molecular complexity index is 426. The van der Waals surface area contributed by atoms with Gasteiger partial charge in [-0.3, -0.25) is 9.59 Å². The van der Waals surface area contributed by atoms with Gasteiger partial charge in [-0.25, -0.2) is 0 Å². The van der Waals surface area contributed by atoms with Gasteiger partial charge in [0.25, 0.3) is 0 Å². The first-order chi connectivity index (χ1) is 7.84. The van der Waals surface area contributed by atoms with Crippen LogP contribution in [-0.4, -0.2) is 23.5 Å². The minimum Gasteiger partial charge on any atom is -0.480 e. The molecular formula is C12H14ClNO3. The van der Waals surface area contributed by atoms with Gasteiger partial charge in [-0.2, -0.15) is 0 Å². The first kappa shape index (κ1) is 13.5. The number of hydrogen-bond acceptors (Lipinski definition) is 2. The third-order valence-electron chi connectivity index (χ3n) is 2.53. The van der Waals surface area contributed by atoms with E-state index in [1.807, 2.05) is 0 Å². The summed E-state index contributed by atoms with van der Waals surface area (Å²) in [6, 6.07) is 6.90. The lowest BCUT2D eigenvalue weighted by atomic mass is 9.84. The fourth-order valence-corrected chi connectivity index (χ4v) is 1.50. The predicted octanol–water partition coefficient (Wildman–Crippen LogP) is 1.82. The maximum atomic E-state index is 11.8. The van der Waals surface area contributed by atoms with Crippen LogP contribution in [0.15, 0.2) is 24.3 Å². The molecule has 0 aliphatic heterocycles. The van der Waals surface area contributed by atoms with Gasteiger partial charge in [0.2, 0.25) is 5.91 Å². The monoisotopic (exact) mass is 255 g/mol. The van der Waals surface area contributed by atoms with Crippen molar-refractivity contribution >= 4 is 23.5 Å². The first-order valence-electron chi connectivity index (χ1n) is 5.10. The van der Waals surface area contributed by atoms with Crippen LogP contribution in [0.3, 0.4) is 0 Å². The molecule has 1 rings (SSSR count). The average molecular weight is 256 g/mol. The van der Waals surface area contributed by atoms with E-state index in [4.69, 9.17) is 16.7 Å². The topological polar surface area (TPSA) is 66.4 Å². The number of rotatable bonds is 4. The molecule has 5 heteroatoms. The highest BCUT2D eigenvalue weighted by Gasteiger charge is 2.29. The molecule has 0 unspecified atom stereocenters. The number of benzene rings is 1. The van der Waals surface area contributed by atoms with Gasteiger partial charge >= 0.3 is 5.97 Å². The van der Waals surface area contributed by atoms with Crippen LogP contribution in [0.5, 0.6) is 0 Å². The zero-order valence-electron chi connectivity index (χ0n) is 9.66. The fraction of sp³-hybridized carbons (Fsp3) is 0.333. The van der Waals surface area contributed by atoms with Crippen LogP contribution in [-0.2, 0) is 15.0 Å². The average Bonchev–Trinajstić information content (AvgIpc) is 2.26. The summed E-state index contributed by atoms with van der Waals surface area (Å²) in [5, 5.41) is 11.5. The van der Waals surface area contributed by atoms with Crippen molar-refractivity contribution in [2.45, 2.75) is 19.3 Å². The molecule has 0 radical (unpaired) electrons. The highest BCUT2D eigenvalue weighted by Crippen LogP contribution is 2.24. The van der Waals surface area contributed by atoms with E-state index in [0.29, 0.717) is 5.02 Å². The van der Waals surface area contributed by atoms with Gasteiger partial charge in [-0.05, 0) is 31.5 Å². The van der Waals surface area contributed by atoms with Gasteiger partial charge in [0.15, 0.2) is 0 Å². The Labute approximate surface area is 105 Å². The fourth-order valence-electron chi connectivity index (χ4n) is 1.37. The van der Waals surface area contributed by atoms with E-state index in [9.17, 15) is 9.59 Å². The van der Waals surface area contributed by atoms with E-state index in [0.717, 1.165) is 5.56 Å². The Kier molecular flexibility index (Phi) is 4.12. The quantitative estimate of drug-likeness (QED) is 0.862. The highest BCUT2D eigenvalue weighted by molar-refractivity contribution is 6.30. The summed E-state index contributed by atoms with van der Waals surface area (Å²) in [7, 11) is 0. The van der Waals surface area contributed by atoms with Crippen molar-refractivity contribution in [1.29, 1.82) is 0 Å². The Hall–Kier alpha value is -1.55. The molecule has 0 saturated carbocycles. The number of halogens is 1. The Morgan fingerprint density at radius 2 is 1.82 bits per heavy atom. The van der Waals surface area contributed by atoms with Crippen molar-refractivity contribution in [3.8, 4) is 0 Å². The van der Waals surface area contributed by atoms with Crippen molar-refractivity contribution in [3.63, 3.8) is 0 Å². The number of hydrogen-bond donors (Lipinski definition) is 2. The molecule has 0 aromatic heterocycles. The predicted molar refractivity (Wildman–Crippen MR) is 65.1 cm³/mol. The molecule has 2 N–H and O–H groups in total. The van der Waals surface area contributed by atoms with Gasteiger partial charge in [0.1, 0.15) is 6.54 Å². The van der Waals surface area contributed by atoms with Crippen LogP contribution in [0, 0.1) is 0 Å². The third-order valence-corrected chi connectivity index (χ3v) is 2.79. The first-order valence-corrected chi connectivity index (χ1v) is 5.48. The molecule has 4 nitrogen and oxygen atoms in total. The summed E-state index contributed by atoms with van der Waals surface area (Å²) >= 11 is 5.77. The van der Waals surface area contributed by atoms with Crippen molar-refractivity contribution in [2.75, 3.05) is 6.54 Å². The van der Waals surface area contributed by atoms with Gasteiger partial charge in [-0.15, -0.1) is 0 Å².